The number of hydrogen-bond donors (Lipinski definition) is 2. The highest BCUT2D eigenvalue weighted by Gasteiger charge is 2.14. The minimum Gasteiger partial charge on any atom is -0.357 e. The van der Waals surface area contributed by atoms with Crippen LogP contribution in [0.3, 0.4) is 0 Å². The minimum absolute atomic E-state index is 0.503. The van der Waals surface area contributed by atoms with Crippen LogP contribution >= 0.6 is 0 Å². The van der Waals surface area contributed by atoms with E-state index >= 15 is 0 Å². The van der Waals surface area contributed by atoms with Crippen molar-refractivity contribution in [2.45, 2.75) is 58.5 Å². The number of guanidine groups is 1. The molecule has 0 atom stereocenters. The van der Waals surface area contributed by atoms with Gasteiger partial charge < -0.3 is 15.2 Å². The van der Waals surface area contributed by atoms with E-state index in [2.05, 4.69) is 47.4 Å². The zero-order valence-electron chi connectivity index (χ0n) is 15.8. The van der Waals surface area contributed by atoms with Gasteiger partial charge in [-0.05, 0) is 26.2 Å². The summed E-state index contributed by atoms with van der Waals surface area (Å²) in [6.45, 7) is 5.29. The van der Waals surface area contributed by atoms with Gasteiger partial charge in [0.25, 0.3) is 0 Å². The molecule has 26 heavy (non-hydrogen) atoms. The molecule has 0 radical (unpaired) electrons. The van der Waals surface area contributed by atoms with Crippen LogP contribution in [0, 0.1) is 0 Å². The van der Waals surface area contributed by atoms with Crippen LogP contribution in [-0.2, 0) is 33.0 Å². The predicted molar refractivity (Wildman–Crippen MR) is 99.7 cm³/mol. The summed E-state index contributed by atoms with van der Waals surface area (Å²) in [4.78, 5) is 8.77. The van der Waals surface area contributed by atoms with Crippen LogP contribution in [0.2, 0.25) is 0 Å². The van der Waals surface area contributed by atoms with Crippen LogP contribution in [-0.4, -0.2) is 48.6 Å². The molecule has 0 amide bonds. The van der Waals surface area contributed by atoms with E-state index in [9.17, 15) is 0 Å². The number of nitrogens with one attached hydrogen (secondary N) is 2. The van der Waals surface area contributed by atoms with Gasteiger partial charge in [-0.3, -0.25) is 4.68 Å². The Balaban J connectivity index is 1.48. The van der Waals surface area contributed by atoms with E-state index in [1.807, 2.05) is 7.05 Å². The first-order valence-corrected chi connectivity index (χ1v) is 9.54. The van der Waals surface area contributed by atoms with Crippen LogP contribution in [0.4, 0.5) is 0 Å². The molecular weight excluding hydrogens is 330 g/mol. The van der Waals surface area contributed by atoms with Gasteiger partial charge in [0.05, 0.1) is 0 Å². The summed E-state index contributed by atoms with van der Waals surface area (Å²) in [6, 6.07) is 0. The first-order valence-electron chi connectivity index (χ1n) is 9.54. The lowest BCUT2D eigenvalue weighted by Crippen LogP contribution is -2.38. The summed E-state index contributed by atoms with van der Waals surface area (Å²) < 4.78 is 4.06. The number of aliphatic imine (C=N–C) groups is 1. The lowest BCUT2D eigenvalue weighted by molar-refractivity contribution is 0.593. The molecule has 2 aromatic heterocycles. The van der Waals surface area contributed by atoms with Crippen LogP contribution in [0.15, 0.2) is 11.3 Å². The van der Waals surface area contributed by atoms with Crippen molar-refractivity contribution in [2.24, 2.45) is 12.0 Å². The fourth-order valence-electron chi connectivity index (χ4n) is 3.14. The number of hydrogen-bond acceptors (Lipinski definition) is 5. The molecule has 2 aromatic rings. The highest BCUT2D eigenvalue weighted by Crippen LogP contribution is 2.15. The van der Waals surface area contributed by atoms with Crippen LogP contribution in [0.5, 0.6) is 0 Å². The van der Waals surface area contributed by atoms with Gasteiger partial charge in [-0.2, -0.15) is 5.10 Å². The van der Waals surface area contributed by atoms with Crippen molar-refractivity contribution < 1.29 is 0 Å². The molecule has 0 aromatic carbocycles. The average molecular weight is 359 g/mol. The molecule has 1 aliphatic heterocycles. The van der Waals surface area contributed by atoms with Gasteiger partial charge in [-0.1, -0.05) is 6.42 Å². The molecular formula is C17H29N9. The Morgan fingerprint density at radius 2 is 2.12 bits per heavy atom. The Kier molecular flexibility index (Phi) is 6.56. The van der Waals surface area contributed by atoms with E-state index in [1.165, 1.54) is 19.3 Å². The predicted octanol–water partition coefficient (Wildman–Crippen LogP) is 0.821. The van der Waals surface area contributed by atoms with Crippen molar-refractivity contribution in [2.75, 3.05) is 13.1 Å². The smallest absolute Gasteiger partial charge is 0.191 e. The van der Waals surface area contributed by atoms with Gasteiger partial charge in [0.15, 0.2) is 5.96 Å². The van der Waals surface area contributed by atoms with Crippen LogP contribution in [0.25, 0.3) is 0 Å². The molecule has 0 spiro atoms. The van der Waals surface area contributed by atoms with Crippen LogP contribution < -0.4 is 10.6 Å². The molecule has 0 unspecified atom stereocenters. The van der Waals surface area contributed by atoms with Crippen molar-refractivity contribution in [3.63, 3.8) is 0 Å². The third-order valence-electron chi connectivity index (χ3n) is 4.58. The Morgan fingerprint density at radius 1 is 1.19 bits per heavy atom. The van der Waals surface area contributed by atoms with Gasteiger partial charge in [0, 0.05) is 39.5 Å². The van der Waals surface area contributed by atoms with E-state index < -0.39 is 0 Å². The van der Waals surface area contributed by atoms with Crippen molar-refractivity contribution in [1.82, 2.24) is 40.2 Å². The number of nitrogens with zero attached hydrogens (tertiary/aromatic N) is 7. The second-order valence-corrected chi connectivity index (χ2v) is 6.52. The first kappa shape index (κ1) is 18.3. The molecule has 0 saturated carbocycles. The molecule has 3 heterocycles. The average Bonchev–Trinajstić information content (AvgIpc) is 3.14. The third-order valence-corrected chi connectivity index (χ3v) is 4.58. The Morgan fingerprint density at radius 3 is 2.92 bits per heavy atom. The molecule has 142 valence electrons. The summed E-state index contributed by atoms with van der Waals surface area (Å²) >= 11 is 0. The van der Waals surface area contributed by atoms with E-state index in [0.717, 1.165) is 62.3 Å². The maximum atomic E-state index is 4.57. The molecule has 0 bridgehead atoms. The van der Waals surface area contributed by atoms with E-state index in [-0.39, 0.29) is 0 Å². The van der Waals surface area contributed by atoms with Gasteiger partial charge in [0.2, 0.25) is 0 Å². The minimum atomic E-state index is 0.503. The molecule has 3 rings (SSSR count). The topological polar surface area (TPSA) is 97.8 Å². The maximum Gasteiger partial charge on any atom is 0.191 e. The number of aryl methyl sites for hydroxylation is 3. The van der Waals surface area contributed by atoms with Gasteiger partial charge in [-0.25, -0.2) is 9.98 Å². The van der Waals surface area contributed by atoms with E-state index in [4.69, 9.17) is 0 Å². The summed E-state index contributed by atoms with van der Waals surface area (Å²) in [5.41, 5.74) is 0. The molecule has 1 aliphatic rings. The molecule has 2 N–H and O–H groups in total. The molecule has 0 aliphatic carbocycles. The monoisotopic (exact) mass is 359 g/mol. The molecule has 0 fully saturated rings. The molecule has 9 heteroatoms. The van der Waals surface area contributed by atoms with Gasteiger partial charge in [0.1, 0.15) is 30.3 Å². The normalized spacial score (nSPS) is 14.8. The third kappa shape index (κ3) is 4.80. The Bertz CT molecular complexity index is 716. The lowest BCUT2D eigenvalue weighted by atomic mass is 10.2. The largest absolute Gasteiger partial charge is 0.357 e. The highest BCUT2D eigenvalue weighted by molar-refractivity contribution is 5.79. The quantitative estimate of drug-likeness (QED) is 0.431. The SMILES string of the molecule is CCNC(=NCc1ncnn1C)NCCCc1nnc2n1CCCCC2. The fraction of sp³-hybridized carbons (Fsp3) is 0.706. The van der Waals surface area contributed by atoms with Crippen molar-refractivity contribution >= 4 is 5.96 Å². The van der Waals surface area contributed by atoms with E-state index in [0.29, 0.717) is 6.54 Å². The maximum absolute atomic E-state index is 4.57. The molecule has 9 nitrogen and oxygen atoms in total. The lowest BCUT2D eigenvalue weighted by Gasteiger charge is -2.11. The van der Waals surface area contributed by atoms with Gasteiger partial charge in [-0.15, -0.1) is 10.2 Å². The zero-order chi connectivity index (χ0) is 18.2. The van der Waals surface area contributed by atoms with Crippen molar-refractivity contribution in [1.29, 1.82) is 0 Å². The summed E-state index contributed by atoms with van der Waals surface area (Å²) in [5.74, 6) is 3.91. The standard InChI is InChI=1S/C17H29N9/c1-3-18-17(20-12-16-21-13-22-25(16)2)19-10-7-9-15-24-23-14-8-5-4-6-11-26(14)15/h13H,3-12H2,1-2H3,(H2,18,19,20). The molecule has 0 saturated heterocycles. The second-order valence-electron chi connectivity index (χ2n) is 6.52. The number of fused-ring (bicyclic) bond motifs is 1. The summed E-state index contributed by atoms with van der Waals surface area (Å²) in [6.07, 6.45) is 8.29. The number of aromatic nitrogens is 6. The second kappa shape index (κ2) is 9.30. The number of rotatable bonds is 7. The van der Waals surface area contributed by atoms with Gasteiger partial charge >= 0.3 is 0 Å². The highest BCUT2D eigenvalue weighted by atomic mass is 15.3. The summed E-state index contributed by atoms with van der Waals surface area (Å²) in [5, 5.41) is 19.5. The Labute approximate surface area is 154 Å². The Hall–Kier alpha value is -2.45. The summed E-state index contributed by atoms with van der Waals surface area (Å²) in [7, 11) is 1.87. The first-order chi connectivity index (χ1) is 12.8. The van der Waals surface area contributed by atoms with Crippen molar-refractivity contribution in [3.05, 3.63) is 23.8 Å². The van der Waals surface area contributed by atoms with Crippen LogP contribution in [0.1, 0.15) is 50.1 Å². The van der Waals surface area contributed by atoms with Crippen molar-refractivity contribution in [3.8, 4) is 0 Å². The van der Waals surface area contributed by atoms with E-state index in [1.54, 1.807) is 11.0 Å². The fourth-order valence-corrected chi connectivity index (χ4v) is 3.14. The zero-order valence-corrected chi connectivity index (χ0v) is 15.8.